The molecule has 1 aliphatic rings. The Bertz CT molecular complexity index is 1150. The van der Waals surface area contributed by atoms with Gasteiger partial charge in [0.15, 0.2) is 0 Å². The monoisotopic (exact) mass is 428 g/mol. The number of thioether (sulfide) groups is 1. The van der Waals surface area contributed by atoms with E-state index in [0.29, 0.717) is 11.6 Å². The second-order valence-electron chi connectivity index (χ2n) is 7.21. The van der Waals surface area contributed by atoms with E-state index in [2.05, 4.69) is 15.5 Å². The molecule has 0 saturated carbocycles. The number of carbonyl (C=O) groups excluding carboxylic acids is 1. The van der Waals surface area contributed by atoms with Crippen molar-refractivity contribution in [1.82, 2.24) is 29.4 Å². The molecular weight excluding hydrogens is 407 g/mol. The topological polar surface area (TPSA) is 86.7 Å². The van der Waals surface area contributed by atoms with Crippen molar-refractivity contribution in [2.45, 2.75) is 25.3 Å². The third kappa shape index (κ3) is 4.23. The highest BCUT2D eigenvalue weighted by molar-refractivity contribution is 8.09. The fourth-order valence-corrected chi connectivity index (χ4v) is 4.51. The van der Waals surface area contributed by atoms with Gasteiger partial charge in [-0.2, -0.15) is 10.2 Å². The maximum absolute atomic E-state index is 13.1. The molecule has 1 aromatic carbocycles. The maximum Gasteiger partial charge on any atom is 0.351 e. The van der Waals surface area contributed by atoms with Gasteiger partial charge in [-0.3, -0.25) is 9.48 Å². The van der Waals surface area contributed by atoms with E-state index in [9.17, 15) is 14.0 Å². The summed E-state index contributed by atoms with van der Waals surface area (Å²) in [6.07, 6.45) is 6.92. The van der Waals surface area contributed by atoms with Crippen molar-refractivity contribution in [3.63, 3.8) is 0 Å². The molecule has 4 rings (SSSR count). The minimum Gasteiger partial charge on any atom is -0.351 e. The first-order chi connectivity index (χ1) is 14.4. The van der Waals surface area contributed by atoms with Crippen molar-refractivity contribution in [2.24, 2.45) is 13.0 Å². The molecule has 3 aromatic rings. The Labute approximate surface area is 176 Å². The van der Waals surface area contributed by atoms with Gasteiger partial charge in [0.2, 0.25) is 5.91 Å². The number of carbonyl (C=O) groups is 1. The van der Waals surface area contributed by atoms with E-state index in [-0.39, 0.29) is 35.1 Å². The minimum atomic E-state index is -0.330. The lowest BCUT2D eigenvalue weighted by molar-refractivity contribution is -0.121. The smallest absolute Gasteiger partial charge is 0.351 e. The minimum absolute atomic E-state index is 0.0359. The number of nitrogens with one attached hydrogen (secondary N) is 1. The first kappa shape index (κ1) is 20.1. The van der Waals surface area contributed by atoms with Gasteiger partial charge in [0.1, 0.15) is 12.1 Å². The summed E-state index contributed by atoms with van der Waals surface area (Å²) in [5, 5.41) is 11.5. The molecule has 0 fully saturated rings. The molecule has 2 atom stereocenters. The van der Waals surface area contributed by atoms with Crippen LogP contribution in [0.5, 0.6) is 0 Å². The molecule has 2 unspecified atom stereocenters. The van der Waals surface area contributed by atoms with Gasteiger partial charge >= 0.3 is 5.69 Å². The number of benzene rings is 1. The Balaban J connectivity index is 1.42. The molecule has 1 aliphatic heterocycles. The molecule has 156 valence electrons. The molecule has 10 heteroatoms. The molecule has 0 radical (unpaired) electrons. The molecule has 2 aromatic heterocycles. The number of halogens is 1. The Morgan fingerprint density at radius 2 is 2.00 bits per heavy atom. The summed E-state index contributed by atoms with van der Waals surface area (Å²) in [4.78, 5) is 25.4. The summed E-state index contributed by atoms with van der Waals surface area (Å²) < 4.78 is 17.5. The number of rotatable bonds is 6. The first-order valence-corrected chi connectivity index (χ1v) is 10.3. The maximum atomic E-state index is 13.1. The molecular formula is C20H21FN6O2S. The standard InChI is InChI=1S/C20H21FN6O2S/c1-13-7-17(30-18(13)19(28)22-8-15-9-23-25(2)10-15)26-12-24-27(20(26)29)11-14-3-5-16(21)6-4-14/h3-7,9-10,12-13,18H,8,11H2,1-2H3,(H,22,28). The molecule has 3 heterocycles. The first-order valence-electron chi connectivity index (χ1n) is 9.43. The van der Waals surface area contributed by atoms with E-state index in [4.69, 9.17) is 0 Å². The van der Waals surface area contributed by atoms with Crippen molar-refractivity contribution in [3.05, 3.63) is 76.5 Å². The fourth-order valence-electron chi connectivity index (χ4n) is 3.23. The lowest BCUT2D eigenvalue weighted by atomic mass is 10.1. The van der Waals surface area contributed by atoms with E-state index < -0.39 is 0 Å². The molecule has 0 spiro atoms. The van der Waals surface area contributed by atoms with E-state index in [1.54, 1.807) is 23.0 Å². The Hall–Kier alpha value is -3.14. The second kappa shape index (κ2) is 8.31. The van der Waals surface area contributed by atoms with Gasteiger partial charge in [-0.25, -0.2) is 18.4 Å². The summed E-state index contributed by atoms with van der Waals surface area (Å²) in [5.41, 5.74) is 1.40. The number of amides is 1. The van der Waals surface area contributed by atoms with Crippen LogP contribution < -0.4 is 11.0 Å². The van der Waals surface area contributed by atoms with Crippen LogP contribution >= 0.6 is 11.8 Å². The Kier molecular flexibility index (Phi) is 5.58. The lowest BCUT2D eigenvalue weighted by Gasteiger charge is -2.14. The lowest BCUT2D eigenvalue weighted by Crippen LogP contribution is -2.34. The second-order valence-corrected chi connectivity index (χ2v) is 8.37. The predicted octanol–water partition coefficient (Wildman–Crippen LogP) is 1.83. The van der Waals surface area contributed by atoms with Crippen LogP contribution in [0.1, 0.15) is 18.1 Å². The number of hydrogen-bond donors (Lipinski definition) is 1. The third-order valence-corrected chi connectivity index (χ3v) is 6.30. The van der Waals surface area contributed by atoms with E-state index in [1.807, 2.05) is 26.2 Å². The van der Waals surface area contributed by atoms with Crippen LogP contribution in [0.2, 0.25) is 0 Å². The molecule has 0 saturated heterocycles. The number of aryl methyl sites for hydroxylation is 1. The predicted molar refractivity (Wildman–Crippen MR) is 112 cm³/mol. The number of allylic oxidation sites excluding steroid dienone is 1. The SMILES string of the molecule is CC1C=C(n2cnn(Cc3ccc(F)cc3)c2=O)SC1C(=O)NCc1cnn(C)c1. The fraction of sp³-hybridized carbons (Fsp3) is 0.300. The highest BCUT2D eigenvalue weighted by Crippen LogP contribution is 2.38. The van der Waals surface area contributed by atoms with Crippen LogP contribution in [-0.4, -0.2) is 35.3 Å². The molecule has 1 N–H and O–H groups in total. The molecule has 1 amide bonds. The molecule has 30 heavy (non-hydrogen) atoms. The normalized spacial score (nSPS) is 18.4. The summed E-state index contributed by atoms with van der Waals surface area (Å²) in [6, 6.07) is 5.94. The Morgan fingerprint density at radius 1 is 1.23 bits per heavy atom. The van der Waals surface area contributed by atoms with Crippen LogP contribution in [0.3, 0.4) is 0 Å². The summed E-state index contributed by atoms with van der Waals surface area (Å²) in [6.45, 7) is 2.60. The molecule has 0 bridgehead atoms. The average molecular weight is 428 g/mol. The van der Waals surface area contributed by atoms with E-state index >= 15 is 0 Å². The summed E-state index contributed by atoms with van der Waals surface area (Å²) in [7, 11) is 1.82. The van der Waals surface area contributed by atoms with Crippen LogP contribution in [-0.2, 0) is 24.9 Å². The quantitative estimate of drug-likeness (QED) is 0.647. The van der Waals surface area contributed by atoms with Crippen molar-refractivity contribution in [3.8, 4) is 0 Å². The van der Waals surface area contributed by atoms with Gasteiger partial charge in [0, 0.05) is 25.4 Å². The summed E-state index contributed by atoms with van der Waals surface area (Å²) in [5.74, 6) is -0.452. The van der Waals surface area contributed by atoms with Crippen molar-refractivity contribution >= 4 is 22.7 Å². The Morgan fingerprint density at radius 3 is 2.70 bits per heavy atom. The highest BCUT2D eigenvalue weighted by Gasteiger charge is 2.32. The summed E-state index contributed by atoms with van der Waals surface area (Å²) >= 11 is 1.34. The number of hydrogen-bond acceptors (Lipinski definition) is 5. The molecule has 0 aliphatic carbocycles. The zero-order chi connectivity index (χ0) is 21.3. The zero-order valence-corrected chi connectivity index (χ0v) is 17.3. The van der Waals surface area contributed by atoms with Crippen molar-refractivity contribution in [1.29, 1.82) is 0 Å². The van der Waals surface area contributed by atoms with Gasteiger partial charge in [-0.15, -0.1) is 0 Å². The van der Waals surface area contributed by atoms with Gasteiger partial charge in [0.25, 0.3) is 0 Å². The van der Waals surface area contributed by atoms with Gasteiger partial charge in [-0.05, 0) is 29.7 Å². The van der Waals surface area contributed by atoms with Crippen molar-refractivity contribution < 1.29 is 9.18 Å². The van der Waals surface area contributed by atoms with Crippen molar-refractivity contribution in [2.75, 3.05) is 0 Å². The molecule has 8 nitrogen and oxygen atoms in total. The van der Waals surface area contributed by atoms with Crippen LogP contribution in [0.25, 0.3) is 5.03 Å². The average Bonchev–Trinajstić information content (AvgIpc) is 3.41. The highest BCUT2D eigenvalue weighted by atomic mass is 32.2. The van der Waals surface area contributed by atoms with E-state index in [0.717, 1.165) is 11.1 Å². The van der Waals surface area contributed by atoms with Crippen LogP contribution in [0.15, 0.2) is 53.9 Å². The zero-order valence-electron chi connectivity index (χ0n) is 16.5. The number of nitrogens with zero attached hydrogens (tertiary/aromatic N) is 5. The van der Waals surface area contributed by atoms with Crippen LogP contribution in [0.4, 0.5) is 4.39 Å². The van der Waals surface area contributed by atoms with Crippen LogP contribution in [0, 0.1) is 11.7 Å². The van der Waals surface area contributed by atoms with Gasteiger partial charge in [-0.1, -0.05) is 30.8 Å². The van der Waals surface area contributed by atoms with Gasteiger partial charge in [0.05, 0.1) is 23.0 Å². The van der Waals surface area contributed by atoms with E-state index in [1.165, 1.54) is 39.5 Å². The van der Waals surface area contributed by atoms with Gasteiger partial charge < -0.3 is 5.32 Å². The third-order valence-electron chi connectivity index (χ3n) is 4.83. The largest absolute Gasteiger partial charge is 0.351 e. The number of aromatic nitrogens is 5.